The first-order valence-corrected chi connectivity index (χ1v) is 6.94. The van der Waals surface area contributed by atoms with E-state index in [9.17, 15) is 4.79 Å². The molecule has 1 aliphatic rings. The number of rotatable bonds is 3. The summed E-state index contributed by atoms with van der Waals surface area (Å²) in [7, 11) is 1.63. The first-order chi connectivity index (χ1) is 9.15. The van der Waals surface area contributed by atoms with E-state index in [4.69, 9.17) is 9.47 Å². The van der Waals surface area contributed by atoms with Crippen LogP contribution in [0.3, 0.4) is 0 Å². The summed E-state index contributed by atoms with van der Waals surface area (Å²) in [6, 6.07) is 5.65. The summed E-state index contributed by atoms with van der Waals surface area (Å²) in [5.74, 6) is 0.622. The molecule has 2 atom stereocenters. The zero-order valence-electron chi connectivity index (χ0n) is 10.7. The monoisotopic (exact) mass is 278 g/mol. The Balaban J connectivity index is 1.83. The van der Waals surface area contributed by atoms with Gasteiger partial charge in [-0.1, -0.05) is 11.8 Å². The van der Waals surface area contributed by atoms with Gasteiger partial charge in [0.05, 0.1) is 18.1 Å². The molecule has 100 valence electrons. The molecule has 2 aromatic rings. The Morgan fingerprint density at radius 3 is 3.05 bits per heavy atom. The highest BCUT2D eigenvalue weighted by atomic mass is 32.2. The van der Waals surface area contributed by atoms with Crippen molar-refractivity contribution in [1.29, 1.82) is 0 Å². The lowest BCUT2D eigenvalue weighted by Crippen LogP contribution is -2.09. The predicted molar refractivity (Wildman–Crippen MR) is 72.5 cm³/mol. The van der Waals surface area contributed by atoms with E-state index in [-0.39, 0.29) is 17.3 Å². The minimum Gasteiger partial charge on any atom is -0.497 e. The third-order valence-corrected chi connectivity index (χ3v) is 4.13. The summed E-state index contributed by atoms with van der Waals surface area (Å²) in [6.45, 7) is 1.90. The van der Waals surface area contributed by atoms with Crippen LogP contribution in [-0.4, -0.2) is 34.4 Å². The molecular weight excluding hydrogens is 264 g/mol. The molecule has 1 fully saturated rings. The third-order valence-electron chi connectivity index (χ3n) is 3.05. The maximum Gasteiger partial charge on any atom is 0.319 e. The largest absolute Gasteiger partial charge is 0.497 e. The van der Waals surface area contributed by atoms with Gasteiger partial charge in [-0.2, -0.15) is 0 Å². The van der Waals surface area contributed by atoms with Crippen molar-refractivity contribution < 1.29 is 14.3 Å². The van der Waals surface area contributed by atoms with Crippen LogP contribution in [0.5, 0.6) is 5.75 Å². The Morgan fingerprint density at radius 1 is 1.53 bits per heavy atom. The average Bonchev–Trinajstić information content (AvgIpc) is 2.91. The number of fused-ring (bicyclic) bond motifs is 1. The summed E-state index contributed by atoms with van der Waals surface area (Å²) < 4.78 is 10.3. The molecule has 0 spiro atoms. The number of ether oxygens (including phenoxy) is 2. The lowest BCUT2D eigenvalue weighted by molar-refractivity contribution is -0.140. The van der Waals surface area contributed by atoms with Crippen LogP contribution in [0.2, 0.25) is 0 Å². The number of H-pyrrole nitrogens is 1. The number of nitrogens with zero attached hydrogens (tertiary/aromatic N) is 1. The van der Waals surface area contributed by atoms with E-state index in [1.807, 2.05) is 25.1 Å². The van der Waals surface area contributed by atoms with Crippen molar-refractivity contribution >= 4 is 28.8 Å². The molecule has 1 saturated heterocycles. The number of methoxy groups -OCH3 is 1. The molecule has 5 nitrogen and oxygen atoms in total. The highest BCUT2D eigenvalue weighted by Crippen LogP contribution is 2.32. The lowest BCUT2D eigenvalue weighted by Gasteiger charge is -2.00. The molecule has 1 aromatic carbocycles. The van der Waals surface area contributed by atoms with Crippen molar-refractivity contribution in [3.63, 3.8) is 0 Å². The topological polar surface area (TPSA) is 64.2 Å². The number of benzene rings is 1. The summed E-state index contributed by atoms with van der Waals surface area (Å²) in [4.78, 5) is 19.3. The van der Waals surface area contributed by atoms with Crippen LogP contribution in [0, 0.1) is 0 Å². The van der Waals surface area contributed by atoms with E-state index in [1.165, 1.54) is 11.8 Å². The number of esters is 1. The Morgan fingerprint density at radius 2 is 2.37 bits per heavy atom. The molecule has 0 radical (unpaired) electrons. The summed E-state index contributed by atoms with van der Waals surface area (Å²) in [5.41, 5.74) is 1.77. The Hall–Kier alpha value is -1.69. The van der Waals surface area contributed by atoms with Gasteiger partial charge in [0.25, 0.3) is 0 Å². The Labute approximate surface area is 114 Å². The van der Waals surface area contributed by atoms with E-state index in [1.54, 1.807) is 7.11 Å². The second kappa shape index (κ2) is 4.77. The van der Waals surface area contributed by atoms with E-state index in [2.05, 4.69) is 9.97 Å². The predicted octanol–water partition coefficient (Wildman–Crippen LogP) is 2.37. The number of thioether (sulfide) groups is 1. The maximum absolute atomic E-state index is 11.6. The van der Waals surface area contributed by atoms with Crippen LogP contribution in [0.15, 0.2) is 23.4 Å². The number of carbonyl (C=O) groups excluding carboxylic acids is 1. The molecule has 1 aromatic heterocycles. The van der Waals surface area contributed by atoms with Crippen LogP contribution >= 0.6 is 11.8 Å². The molecule has 2 heterocycles. The molecule has 0 aliphatic carbocycles. The first-order valence-electron chi connectivity index (χ1n) is 6.06. The highest BCUT2D eigenvalue weighted by molar-refractivity contribution is 8.00. The molecule has 1 N–H and O–H groups in total. The number of hydrogen-bond acceptors (Lipinski definition) is 5. The molecule has 19 heavy (non-hydrogen) atoms. The first kappa shape index (κ1) is 12.3. The van der Waals surface area contributed by atoms with Gasteiger partial charge in [-0.25, -0.2) is 4.98 Å². The standard InChI is InChI=1S/C13H14N2O3S/c1-7-5-11(12(16)18-7)19-13-14-9-4-3-8(17-2)6-10(9)15-13/h3-4,6-7,11H,5H2,1-2H3,(H,14,15)/t7-,11+/m0/s1. The van der Waals surface area contributed by atoms with Gasteiger partial charge in [-0.05, 0) is 19.1 Å². The van der Waals surface area contributed by atoms with Crippen molar-refractivity contribution in [1.82, 2.24) is 9.97 Å². The molecule has 3 rings (SSSR count). The maximum atomic E-state index is 11.6. The number of nitrogens with one attached hydrogen (secondary N) is 1. The van der Waals surface area contributed by atoms with Gasteiger partial charge in [-0.15, -0.1) is 0 Å². The van der Waals surface area contributed by atoms with Crippen LogP contribution in [0.4, 0.5) is 0 Å². The molecule has 0 saturated carbocycles. The van der Waals surface area contributed by atoms with E-state index >= 15 is 0 Å². The fourth-order valence-electron chi connectivity index (χ4n) is 2.10. The molecular formula is C13H14N2O3S. The van der Waals surface area contributed by atoms with Crippen molar-refractivity contribution in [2.45, 2.75) is 29.9 Å². The minimum absolute atomic E-state index is 0.00512. The van der Waals surface area contributed by atoms with Gasteiger partial charge in [-0.3, -0.25) is 4.79 Å². The van der Waals surface area contributed by atoms with Crippen molar-refractivity contribution in [3.8, 4) is 5.75 Å². The molecule has 1 aliphatic heterocycles. The molecule has 0 bridgehead atoms. The third kappa shape index (κ3) is 2.40. The summed E-state index contributed by atoms with van der Waals surface area (Å²) in [6.07, 6.45) is 0.721. The second-order valence-electron chi connectivity index (χ2n) is 4.51. The normalized spacial score (nSPS) is 22.7. The van der Waals surface area contributed by atoms with Gasteiger partial charge < -0.3 is 14.5 Å². The number of hydrogen-bond donors (Lipinski definition) is 1. The van der Waals surface area contributed by atoms with Crippen LogP contribution in [0.25, 0.3) is 11.0 Å². The summed E-state index contributed by atoms with van der Waals surface area (Å²) >= 11 is 1.42. The fourth-order valence-corrected chi connectivity index (χ4v) is 3.21. The van der Waals surface area contributed by atoms with Crippen molar-refractivity contribution in [2.75, 3.05) is 7.11 Å². The number of aromatic nitrogens is 2. The zero-order valence-corrected chi connectivity index (χ0v) is 11.5. The average molecular weight is 278 g/mol. The number of cyclic esters (lactones) is 1. The smallest absolute Gasteiger partial charge is 0.319 e. The summed E-state index contributed by atoms with van der Waals surface area (Å²) in [5, 5.41) is 0.566. The Kier molecular flexibility index (Phi) is 3.10. The lowest BCUT2D eigenvalue weighted by atomic mass is 10.3. The molecule has 0 amide bonds. The van der Waals surface area contributed by atoms with Crippen LogP contribution in [-0.2, 0) is 9.53 Å². The highest BCUT2D eigenvalue weighted by Gasteiger charge is 2.33. The van der Waals surface area contributed by atoms with Crippen molar-refractivity contribution in [3.05, 3.63) is 18.2 Å². The van der Waals surface area contributed by atoms with E-state index < -0.39 is 0 Å². The molecule has 0 unspecified atom stereocenters. The SMILES string of the molecule is COc1ccc2nc(S[C@@H]3C[C@H](C)OC3=O)[nH]c2c1. The fraction of sp³-hybridized carbons (Fsp3) is 0.385. The van der Waals surface area contributed by atoms with Gasteiger partial charge in [0, 0.05) is 12.5 Å². The van der Waals surface area contributed by atoms with E-state index in [0.717, 1.165) is 28.4 Å². The van der Waals surface area contributed by atoms with Gasteiger partial charge >= 0.3 is 5.97 Å². The van der Waals surface area contributed by atoms with Crippen LogP contribution < -0.4 is 4.74 Å². The van der Waals surface area contributed by atoms with Gasteiger partial charge in [0.15, 0.2) is 5.16 Å². The number of imidazole rings is 1. The minimum atomic E-state index is -0.169. The second-order valence-corrected chi connectivity index (χ2v) is 5.71. The quantitative estimate of drug-likeness (QED) is 0.873. The Bertz CT molecular complexity index is 625. The van der Waals surface area contributed by atoms with Gasteiger partial charge in [0.2, 0.25) is 0 Å². The number of aromatic amines is 1. The van der Waals surface area contributed by atoms with Crippen molar-refractivity contribution in [2.24, 2.45) is 0 Å². The van der Waals surface area contributed by atoms with Gasteiger partial charge in [0.1, 0.15) is 17.1 Å². The zero-order chi connectivity index (χ0) is 13.4. The van der Waals surface area contributed by atoms with E-state index in [0.29, 0.717) is 0 Å². The molecule has 6 heteroatoms. The van der Waals surface area contributed by atoms with Crippen LogP contribution in [0.1, 0.15) is 13.3 Å². The number of carbonyl (C=O) groups is 1.